The van der Waals surface area contributed by atoms with Crippen molar-refractivity contribution in [3.05, 3.63) is 12.7 Å². The van der Waals surface area contributed by atoms with Gasteiger partial charge in [-0.15, -0.1) is 6.58 Å². The number of hydrogen-bond acceptors (Lipinski definition) is 0. The van der Waals surface area contributed by atoms with Gasteiger partial charge in [-0.2, -0.15) is 0 Å². The lowest BCUT2D eigenvalue weighted by molar-refractivity contribution is -0.0939. The number of halogens is 5. The molecule has 0 radical (unpaired) electrons. The van der Waals surface area contributed by atoms with Crippen LogP contribution >= 0.6 is 0 Å². The molecule has 12 heavy (non-hydrogen) atoms. The van der Waals surface area contributed by atoms with E-state index in [4.69, 9.17) is 0 Å². The minimum absolute atomic E-state index is 0.695. The van der Waals surface area contributed by atoms with Gasteiger partial charge in [0.2, 0.25) is 0 Å². The molecule has 0 amide bonds. The highest BCUT2D eigenvalue weighted by atomic mass is 19.3. The molecule has 72 valence electrons. The maximum Gasteiger partial charge on any atom is 0.306 e. The van der Waals surface area contributed by atoms with Gasteiger partial charge in [0.25, 0.3) is 0 Å². The van der Waals surface area contributed by atoms with Crippen molar-refractivity contribution in [3.63, 3.8) is 0 Å². The van der Waals surface area contributed by atoms with Crippen molar-refractivity contribution in [2.45, 2.75) is 24.7 Å². The van der Waals surface area contributed by atoms with Crippen LogP contribution in [0.15, 0.2) is 12.7 Å². The monoisotopic (exact) mass is 188 g/mol. The zero-order chi connectivity index (χ0) is 9.78. The lowest BCUT2D eigenvalue weighted by atomic mass is 10.1. The van der Waals surface area contributed by atoms with Gasteiger partial charge in [0.15, 0.2) is 12.8 Å². The molecule has 0 aromatic heterocycles. The Morgan fingerprint density at radius 2 is 1.83 bits per heavy atom. The van der Waals surface area contributed by atoms with Crippen LogP contribution in [0.2, 0.25) is 0 Å². The van der Waals surface area contributed by atoms with E-state index in [1.165, 1.54) is 0 Å². The van der Waals surface area contributed by atoms with Crippen LogP contribution in [0, 0.1) is 0 Å². The molecule has 2 unspecified atom stereocenters. The van der Waals surface area contributed by atoms with E-state index in [1.807, 2.05) is 0 Å². The van der Waals surface area contributed by atoms with Crippen molar-refractivity contribution < 1.29 is 22.0 Å². The summed E-state index contributed by atoms with van der Waals surface area (Å²) >= 11 is 0. The molecule has 0 saturated heterocycles. The quantitative estimate of drug-likeness (QED) is 0.459. The van der Waals surface area contributed by atoms with Crippen molar-refractivity contribution in [2.75, 3.05) is 6.67 Å². The van der Waals surface area contributed by atoms with Crippen LogP contribution in [0.25, 0.3) is 0 Å². The van der Waals surface area contributed by atoms with Gasteiger partial charge in [-0.05, 0) is 0 Å². The molecule has 0 bridgehead atoms. The van der Waals surface area contributed by atoms with Gasteiger partial charge in [0.1, 0.15) is 6.17 Å². The third-order valence-corrected chi connectivity index (χ3v) is 1.32. The summed E-state index contributed by atoms with van der Waals surface area (Å²) in [7, 11) is 0. The zero-order valence-electron chi connectivity index (χ0n) is 6.24. The summed E-state index contributed by atoms with van der Waals surface area (Å²) in [5.41, 5.74) is 0. The van der Waals surface area contributed by atoms with Crippen LogP contribution in [0.4, 0.5) is 22.0 Å². The Hall–Kier alpha value is -0.610. The van der Waals surface area contributed by atoms with E-state index < -0.39 is 31.4 Å². The van der Waals surface area contributed by atoms with Crippen molar-refractivity contribution in [1.82, 2.24) is 0 Å². The maximum atomic E-state index is 12.3. The Bertz CT molecular complexity index is 145. The fourth-order valence-electron chi connectivity index (χ4n) is 0.550. The first kappa shape index (κ1) is 11.4. The second-order valence-electron chi connectivity index (χ2n) is 2.35. The third kappa shape index (κ3) is 3.19. The highest BCUT2D eigenvalue weighted by Crippen LogP contribution is 2.26. The van der Waals surface area contributed by atoms with E-state index in [2.05, 4.69) is 6.58 Å². The second kappa shape index (κ2) is 4.42. The van der Waals surface area contributed by atoms with Crippen molar-refractivity contribution in [3.8, 4) is 0 Å². The van der Waals surface area contributed by atoms with Crippen LogP contribution in [0.1, 0.15) is 6.42 Å². The fourth-order valence-corrected chi connectivity index (χ4v) is 0.550. The predicted molar refractivity (Wildman–Crippen MR) is 35.5 cm³/mol. The molecule has 0 aliphatic rings. The van der Waals surface area contributed by atoms with E-state index in [0.29, 0.717) is 6.08 Å². The largest absolute Gasteiger partial charge is 0.306 e. The average molecular weight is 188 g/mol. The first-order valence-corrected chi connectivity index (χ1v) is 3.28. The minimum Gasteiger partial charge on any atom is -0.244 e. The summed E-state index contributed by atoms with van der Waals surface area (Å²) in [6.07, 6.45) is -5.02. The number of rotatable bonds is 5. The minimum atomic E-state index is -4.09. The molecule has 0 heterocycles. The molecular weight excluding hydrogens is 179 g/mol. The SMILES string of the molecule is C=CC(F)CC(F)C(F)(F)CF. The predicted octanol–water partition coefficient (Wildman–Crippen LogP) is 2.84. The van der Waals surface area contributed by atoms with E-state index in [0.717, 1.165) is 0 Å². The Labute approximate surface area is 67.1 Å². The van der Waals surface area contributed by atoms with Crippen LogP contribution in [0.3, 0.4) is 0 Å². The number of allylic oxidation sites excluding steroid dienone is 1. The van der Waals surface area contributed by atoms with Gasteiger partial charge in [0, 0.05) is 6.42 Å². The highest BCUT2D eigenvalue weighted by molar-refractivity contribution is 4.86. The van der Waals surface area contributed by atoms with Crippen LogP contribution in [-0.2, 0) is 0 Å². The van der Waals surface area contributed by atoms with Gasteiger partial charge < -0.3 is 0 Å². The molecule has 2 atom stereocenters. The highest BCUT2D eigenvalue weighted by Gasteiger charge is 2.41. The summed E-state index contributed by atoms with van der Waals surface area (Å²) in [5, 5.41) is 0. The second-order valence-corrected chi connectivity index (χ2v) is 2.35. The molecule has 0 rings (SSSR count). The van der Waals surface area contributed by atoms with Crippen LogP contribution in [0.5, 0.6) is 0 Å². The normalized spacial score (nSPS) is 17.1. The van der Waals surface area contributed by atoms with Crippen molar-refractivity contribution in [2.24, 2.45) is 0 Å². The van der Waals surface area contributed by atoms with Gasteiger partial charge in [-0.1, -0.05) is 6.08 Å². The van der Waals surface area contributed by atoms with E-state index in [1.54, 1.807) is 0 Å². The molecule has 0 aliphatic carbocycles. The average Bonchev–Trinajstić information content (AvgIpc) is 2.04. The molecule has 0 spiro atoms. The lowest BCUT2D eigenvalue weighted by Gasteiger charge is -2.17. The summed E-state index contributed by atoms with van der Waals surface area (Å²) < 4.78 is 60.2. The van der Waals surface area contributed by atoms with Gasteiger partial charge in [-0.25, -0.2) is 22.0 Å². The van der Waals surface area contributed by atoms with Crippen LogP contribution < -0.4 is 0 Å². The van der Waals surface area contributed by atoms with Crippen molar-refractivity contribution >= 4 is 0 Å². The smallest absolute Gasteiger partial charge is 0.244 e. The Morgan fingerprint density at radius 3 is 2.17 bits per heavy atom. The zero-order valence-corrected chi connectivity index (χ0v) is 6.24. The van der Waals surface area contributed by atoms with Crippen molar-refractivity contribution in [1.29, 1.82) is 0 Å². The van der Waals surface area contributed by atoms with E-state index in [-0.39, 0.29) is 0 Å². The van der Waals surface area contributed by atoms with Gasteiger partial charge >= 0.3 is 5.92 Å². The molecule has 0 nitrogen and oxygen atoms in total. The van der Waals surface area contributed by atoms with Crippen LogP contribution in [-0.4, -0.2) is 24.9 Å². The molecule has 0 N–H and O–H groups in total. The lowest BCUT2D eigenvalue weighted by Crippen LogP contribution is -2.33. The first-order chi connectivity index (χ1) is 5.44. The molecule has 0 fully saturated rings. The molecule has 0 aromatic rings. The summed E-state index contributed by atoms with van der Waals surface area (Å²) in [4.78, 5) is 0. The van der Waals surface area contributed by atoms with E-state index in [9.17, 15) is 22.0 Å². The maximum absolute atomic E-state index is 12.3. The molecule has 0 saturated carbocycles. The molecule has 0 aromatic carbocycles. The Kier molecular flexibility index (Phi) is 4.20. The topological polar surface area (TPSA) is 0 Å². The first-order valence-electron chi connectivity index (χ1n) is 3.28. The fraction of sp³-hybridized carbons (Fsp3) is 0.714. The van der Waals surface area contributed by atoms with E-state index >= 15 is 0 Å². The standard InChI is InChI=1S/C7H9F5/c1-2-5(9)3-6(10)7(11,12)4-8/h2,5-6H,1,3-4H2. The van der Waals surface area contributed by atoms with Gasteiger partial charge in [-0.3, -0.25) is 0 Å². The Morgan fingerprint density at radius 1 is 1.33 bits per heavy atom. The number of alkyl halides is 5. The third-order valence-electron chi connectivity index (χ3n) is 1.32. The molecular formula is C7H9F5. The van der Waals surface area contributed by atoms with Gasteiger partial charge in [0.05, 0.1) is 0 Å². The summed E-state index contributed by atoms with van der Waals surface area (Å²) in [6, 6.07) is 0. The molecule has 0 aliphatic heterocycles. The Balaban J connectivity index is 4.02. The summed E-state index contributed by atoms with van der Waals surface area (Å²) in [5.74, 6) is -4.09. The summed E-state index contributed by atoms with van der Waals surface area (Å²) in [6.45, 7) is 0.828. The number of hydrogen-bond donors (Lipinski definition) is 0. The molecule has 5 heteroatoms.